The van der Waals surface area contributed by atoms with Crippen molar-refractivity contribution in [3.63, 3.8) is 0 Å². The van der Waals surface area contributed by atoms with Crippen molar-refractivity contribution in [2.75, 3.05) is 19.8 Å². The number of carboxylic acids is 1. The van der Waals surface area contributed by atoms with Crippen molar-refractivity contribution in [2.45, 2.75) is 25.3 Å². The van der Waals surface area contributed by atoms with Gasteiger partial charge in [-0.2, -0.15) is 0 Å². The third kappa shape index (κ3) is 10.2. The van der Waals surface area contributed by atoms with Gasteiger partial charge in [0.15, 0.2) is 0 Å². The molecule has 44 heavy (non-hydrogen) atoms. The third-order valence-corrected chi connectivity index (χ3v) is 7.44. The van der Waals surface area contributed by atoms with Crippen LogP contribution in [-0.2, 0) is 34.4 Å². The first kappa shape index (κ1) is 32.6. The van der Waals surface area contributed by atoms with Gasteiger partial charge in [0.2, 0.25) is 0 Å². The highest BCUT2D eigenvalue weighted by Gasteiger charge is 2.24. The molecule has 4 aromatic rings. The Kier molecular flexibility index (Phi) is 11.8. The van der Waals surface area contributed by atoms with E-state index in [4.69, 9.17) is 24.8 Å². The van der Waals surface area contributed by atoms with Gasteiger partial charge in [0.25, 0.3) is 0 Å². The SMILES string of the molecule is N[C@@H](COP(=O)(O)OCCCOC(=O)CCc1ccccc1Oc1cc(-c2ccccc2)cc(-c2ccccc2)c1)C(=O)O. The van der Waals surface area contributed by atoms with E-state index < -0.39 is 32.4 Å². The molecule has 0 heterocycles. The second-order valence-electron chi connectivity index (χ2n) is 9.80. The average molecular weight is 620 g/mol. The van der Waals surface area contributed by atoms with Gasteiger partial charge in [-0.25, -0.2) is 4.57 Å². The van der Waals surface area contributed by atoms with Crippen LogP contribution in [0, 0.1) is 0 Å². The predicted molar refractivity (Wildman–Crippen MR) is 165 cm³/mol. The van der Waals surface area contributed by atoms with Gasteiger partial charge in [-0.1, -0.05) is 78.9 Å². The minimum absolute atomic E-state index is 0.0415. The molecule has 0 bridgehead atoms. The summed E-state index contributed by atoms with van der Waals surface area (Å²) in [4.78, 5) is 32.6. The van der Waals surface area contributed by atoms with Gasteiger partial charge in [0, 0.05) is 12.8 Å². The number of hydrogen-bond acceptors (Lipinski definition) is 8. The largest absolute Gasteiger partial charge is 0.480 e. The van der Waals surface area contributed by atoms with Gasteiger partial charge in [0.1, 0.15) is 17.5 Å². The lowest BCUT2D eigenvalue weighted by atomic mass is 9.98. The van der Waals surface area contributed by atoms with E-state index in [0.717, 1.165) is 27.8 Å². The fourth-order valence-electron chi connectivity index (χ4n) is 4.21. The van der Waals surface area contributed by atoms with Crippen LogP contribution in [0.4, 0.5) is 0 Å². The first-order valence-electron chi connectivity index (χ1n) is 14.0. The Hall–Kier alpha value is -4.31. The molecule has 0 aliphatic heterocycles. The first-order valence-corrected chi connectivity index (χ1v) is 15.5. The summed E-state index contributed by atoms with van der Waals surface area (Å²) in [5, 5.41) is 8.70. The molecule has 0 saturated carbocycles. The summed E-state index contributed by atoms with van der Waals surface area (Å²) in [5.41, 5.74) is 10.2. The highest BCUT2D eigenvalue weighted by Crippen LogP contribution is 2.43. The summed E-state index contributed by atoms with van der Waals surface area (Å²) in [6.45, 7) is -0.969. The molecule has 4 rings (SSSR count). The number of rotatable bonds is 16. The van der Waals surface area contributed by atoms with Crippen molar-refractivity contribution >= 4 is 19.8 Å². The summed E-state index contributed by atoms with van der Waals surface area (Å²) >= 11 is 0. The Bertz CT molecular complexity index is 1520. The Morgan fingerprint density at radius 2 is 1.36 bits per heavy atom. The van der Waals surface area contributed by atoms with Gasteiger partial charge in [0.05, 0.1) is 19.8 Å². The zero-order valence-electron chi connectivity index (χ0n) is 23.9. The van der Waals surface area contributed by atoms with Crippen LogP contribution in [0.5, 0.6) is 11.5 Å². The maximum Gasteiger partial charge on any atom is 0.472 e. The van der Waals surface area contributed by atoms with Crippen molar-refractivity contribution in [2.24, 2.45) is 5.73 Å². The second-order valence-corrected chi connectivity index (χ2v) is 11.3. The zero-order chi connectivity index (χ0) is 31.4. The van der Waals surface area contributed by atoms with E-state index in [0.29, 0.717) is 17.9 Å². The monoisotopic (exact) mass is 619 g/mol. The zero-order valence-corrected chi connectivity index (χ0v) is 24.8. The number of aliphatic carboxylic acids is 1. The van der Waals surface area contributed by atoms with E-state index >= 15 is 0 Å². The number of hydrogen-bond donors (Lipinski definition) is 3. The molecule has 0 aromatic heterocycles. The highest BCUT2D eigenvalue weighted by atomic mass is 31.2. The molecule has 10 nitrogen and oxygen atoms in total. The van der Waals surface area contributed by atoms with Crippen LogP contribution >= 0.6 is 7.82 Å². The molecule has 2 atom stereocenters. The molecule has 11 heteroatoms. The Morgan fingerprint density at radius 1 is 0.773 bits per heavy atom. The molecule has 0 fully saturated rings. The van der Waals surface area contributed by atoms with Crippen molar-refractivity contribution < 1.29 is 42.7 Å². The molecular weight excluding hydrogens is 585 g/mol. The quantitative estimate of drug-likeness (QED) is 0.0747. The van der Waals surface area contributed by atoms with Crippen LogP contribution in [-0.4, -0.2) is 47.8 Å². The number of carbonyl (C=O) groups is 2. The van der Waals surface area contributed by atoms with Gasteiger partial charge in [-0.05, 0) is 58.5 Å². The maximum atomic E-state index is 12.4. The molecule has 0 saturated heterocycles. The number of carboxylic acid groups (broad SMARTS) is 1. The van der Waals surface area contributed by atoms with Gasteiger partial charge >= 0.3 is 19.8 Å². The summed E-state index contributed by atoms with van der Waals surface area (Å²) in [7, 11) is -4.48. The smallest absolute Gasteiger partial charge is 0.472 e. The number of benzene rings is 4. The van der Waals surface area contributed by atoms with Crippen molar-refractivity contribution in [1.82, 2.24) is 0 Å². The van der Waals surface area contributed by atoms with Crippen LogP contribution in [0.1, 0.15) is 18.4 Å². The van der Waals surface area contributed by atoms with E-state index in [1.807, 2.05) is 97.1 Å². The highest BCUT2D eigenvalue weighted by molar-refractivity contribution is 7.47. The molecule has 230 valence electrons. The summed E-state index contributed by atoms with van der Waals surface area (Å²) in [6.07, 6.45) is 0.597. The number of aryl methyl sites for hydroxylation is 1. The minimum atomic E-state index is -4.48. The lowest BCUT2D eigenvalue weighted by molar-refractivity contribution is -0.143. The van der Waals surface area contributed by atoms with Crippen molar-refractivity contribution in [1.29, 1.82) is 0 Å². The maximum absolute atomic E-state index is 12.4. The van der Waals surface area contributed by atoms with E-state index in [2.05, 4.69) is 10.6 Å². The summed E-state index contributed by atoms with van der Waals surface area (Å²) < 4.78 is 32.7. The molecular formula is C33H34NO9P. The molecule has 4 N–H and O–H groups in total. The van der Waals surface area contributed by atoms with Crippen LogP contribution in [0.25, 0.3) is 22.3 Å². The van der Waals surface area contributed by atoms with Crippen molar-refractivity contribution in [3.8, 4) is 33.8 Å². The normalized spacial score (nSPS) is 13.0. The van der Waals surface area contributed by atoms with Gasteiger partial charge in [-0.3, -0.25) is 18.6 Å². The second kappa shape index (κ2) is 16.0. The Morgan fingerprint density at radius 3 is 1.98 bits per heavy atom. The van der Waals surface area contributed by atoms with E-state index in [1.54, 1.807) is 0 Å². The number of carbonyl (C=O) groups excluding carboxylic acids is 1. The van der Waals surface area contributed by atoms with E-state index in [9.17, 15) is 19.0 Å². The fourth-order valence-corrected chi connectivity index (χ4v) is 4.99. The predicted octanol–water partition coefficient (Wildman–Crippen LogP) is 6.22. The average Bonchev–Trinajstić information content (AvgIpc) is 3.03. The number of phosphoric ester groups is 1. The minimum Gasteiger partial charge on any atom is -0.480 e. The third-order valence-electron chi connectivity index (χ3n) is 6.46. The number of ether oxygens (including phenoxy) is 2. The number of nitrogens with two attached hydrogens (primary N) is 1. The van der Waals surface area contributed by atoms with Crippen LogP contribution in [0.15, 0.2) is 103 Å². The number of para-hydroxylation sites is 1. The van der Waals surface area contributed by atoms with Gasteiger partial charge < -0.3 is 25.2 Å². The van der Waals surface area contributed by atoms with E-state index in [1.165, 1.54) is 0 Å². The standard InChI is InChI=1S/C33H34NO9P/c34-30(33(36)37)23-42-44(38,39)41-19-9-18-40-32(35)17-16-26-14-7-8-15-31(26)43-29-21-27(24-10-3-1-4-11-24)20-28(22-29)25-12-5-2-6-13-25/h1-8,10-15,20-22,30H,9,16-19,23,34H2,(H,36,37)(H,38,39)/t30-/m0/s1. The molecule has 0 radical (unpaired) electrons. The summed E-state index contributed by atoms with van der Waals surface area (Å²) in [5.74, 6) is -0.539. The molecule has 0 aliphatic carbocycles. The molecule has 0 amide bonds. The van der Waals surface area contributed by atoms with Crippen molar-refractivity contribution in [3.05, 3.63) is 109 Å². The van der Waals surface area contributed by atoms with E-state index in [-0.39, 0.29) is 26.1 Å². The Balaban J connectivity index is 1.33. The van der Waals surface area contributed by atoms with Crippen LogP contribution in [0.3, 0.4) is 0 Å². The van der Waals surface area contributed by atoms with Gasteiger partial charge in [-0.15, -0.1) is 0 Å². The van der Waals surface area contributed by atoms with Crippen LogP contribution < -0.4 is 10.5 Å². The number of esters is 1. The molecule has 4 aromatic carbocycles. The first-order chi connectivity index (χ1) is 21.2. The fraction of sp³-hybridized carbons (Fsp3) is 0.212. The molecule has 0 aliphatic rings. The van der Waals surface area contributed by atoms with Crippen LogP contribution in [0.2, 0.25) is 0 Å². The Labute approximate surface area is 255 Å². The number of phosphoric acid groups is 1. The lowest BCUT2D eigenvalue weighted by Crippen LogP contribution is -2.34. The summed E-state index contributed by atoms with van der Waals surface area (Å²) in [6, 6.07) is 32.3. The topological polar surface area (TPSA) is 155 Å². The molecule has 0 spiro atoms. The lowest BCUT2D eigenvalue weighted by Gasteiger charge is -2.15. The molecule has 1 unspecified atom stereocenters.